The topological polar surface area (TPSA) is 103 Å². The van der Waals surface area contributed by atoms with Crippen LogP contribution in [0.2, 0.25) is 5.02 Å². The van der Waals surface area contributed by atoms with Crippen LogP contribution in [0, 0.1) is 23.9 Å². The van der Waals surface area contributed by atoms with Gasteiger partial charge in [-0.25, -0.2) is 13.2 Å². The quantitative estimate of drug-likeness (QED) is 0.361. The number of hydrogen-bond donors (Lipinski definition) is 2. The van der Waals surface area contributed by atoms with Crippen LogP contribution in [0.4, 0.5) is 18.9 Å². The van der Waals surface area contributed by atoms with Gasteiger partial charge in [0.05, 0.1) is 10.6 Å². The number of alkyl halides is 2. The van der Waals surface area contributed by atoms with E-state index in [-0.39, 0.29) is 46.1 Å². The number of anilines is 1. The third kappa shape index (κ3) is 5.71. The number of carbonyl (C=O) groups is 2. The summed E-state index contributed by atoms with van der Waals surface area (Å²) in [5.41, 5.74) is 0.780. The molecule has 2 N–H and O–H groups in total. The number of aromatic nitrogens is 3. The van der Waals surface area contributed by atoms with Gasteiger partial charge >= 0.3 is 0 Å². The molecule has 37 heavy (non-hydrogen) atoms. The number of amides is 2. The van der Waals surface area contributed by atoms with E-state index < -0.39 is 48.4 Å². The molecule has 0 saturated heterocycles. The highest BCUT2D eigenvalue weighted by molar-refractivity contribution is 6.33. The summed E-state index contributed by atoms with van der Waals surface area (Å²) in [4.78, 5) is 26.1. The van der Waals surface area contributed by atoms with Crippen molar-refractivity contribution in [3.63, 3.8) is 0 Å². The Balaban J connectivity index is 1.57. The van der Waals surface area contributed by atoms with Crippen LogP contribution in [0.5, 0.6) is 0 Å². The molecular formula is C25H25ClF3N5O3. The number of pyridine rings is 1. The zero-order chi connectivity index (χ0) is 26.9. The van der Waals surface area contributed by atoms with Crippen LogP contribution in [-0.2, 0) is 11.8 Å². The van der Waals surface area contributed by atoms with E-state index in [4.69, 9.17) is 11.6 Å². The van der Waals surface area contributed by atoms with E-state index in [1.165, 1.54) is 48.3 Å². The Labute approximate surface area is 216 Å². The van der Waals surface area contributed by atoms with Gasteiger partial charge in [-0.1, -0.05) is 11.6 Å². The minimum atomic E-state index is -2.82. The molecule has 4 rings (SSSR count). The Morgan fingerprint density at radius 3 is 2.57 bits per heavy atom. The standard InChI is InChI=1S/C25H25ClF3N5O3/c1-14-21(18(26)8-12-34(14)37)17-4-3-16(13-19(17)27)31-24(36)22(15-5-9-25(28,29)10-6-15)32-23(35)20-7-11-30-33(20)2/h3-4,7-8,11-13,15,22H,5-6,9-10H2,1-2H3,(H,31,36)(H,32,35)/t22-/m0/s1. The highest BCUT2D eigenvalue weighted by atomic mass is 35.5. The van der Waals surface area contributed by atoms with E-state index in [0.29, 0.717) is 4.73 Å². The van der Waals surface area contributed by atoms with Crippen molar-refractivity contribution < 1.29 is 27.5 Å². The number of hydrogen-bond acceptors (Lipinski definition) is 4. The van der Waals surface area contributed by atoms with Crippen LogP contribution < -0.4 is 15.4 Å². The van der Waals surface area contributed by atoms with Crippen LogP contribution in [0.15, 0.2) is 42.7 Å². The molecule has 12 heteroatoms. The predicted octanol–water partition coefficient (Wildman–Crippen LogP) is 4.38. The molecule has 0 aliphatic heterocycles. The minimum absolute atomic E-state index is 0.0328. The summed E-state index contributed by atoms with van der Waals surface area (Å²) in [6, 6.07) is 5.57. The second kappa shape index (κ2) is 10.4. The first-order valence-corrected chi connectivity index (χ1v) is 12.0. The SMILES string of the molecule is Cc1c(-c2ccc(NC(=O)[C@@H](NC(=O)c3ccnn3C)C3CCC(F)(F)CC3)cc2F)c(Cl)cc[n+]1[O-]. The summed E-state index contributed by atoms with van der Waals surface area (Å²) in [6.07, 6.45) is 1.90. The van der Waals surface area contributed by atoms with E-state index in [1.807, 2.05) is 0 Å². The summed E-state index contributed by atoms with van der Waals surface area (Å²) in [5.74, 6) is -5.34. The third-order valence-electron chi connectivity index (χ3n) is 6.65. The number of aryl methyl sites for hydroxylation is 1. The molecule has 1 aromatic carbocycles. The number of benzene rings is 1. The maximum absolute atomic E-state index is 15.1. The molecule has 2 amide bonds. The Bertz CT molecular complexity index is 1340. The Morgan fingerprint density at radius 2 is 1.95 bits per heavy atom. The maximum atomic E-state index is 15.1. The van der Waals surface area contributed by atoms with Gasteiger partial charge in [0, 0.05) is 50.3 Å². The average molecular weight is 536 g/mol. The summed E-state index contributed by atoms with van der Waals surface area (Å²) in [7, 11) is 1.56. The van der Waals surface area contributed by atoms with E-state index >= 15 is 4.39 Å². The Hall–Kier alpha value is -3.60. The first-order valence-electron chi connectivity index (χ1n) is 11.6. The molecule has 0 spiro atoms. The molecule has 2 heterocycles. The van der Waals surface area contributed by atoms with E-state index in [1.54, 1.807) is 7.05 Å². The van der Waals surface area contributed by atoms with Gasteiger partial charge < -0.3 is 15.8 Å². The summed E-state index contributed by atoms with van der Waals surface area (Å²) in [5, 5.41) is 21.3. The first kappa shape index (κ1) is 26.5. The van der Waals surface area contributed by atoms with Gasteiger partial charge in [-0.3, -0.25) is 14.3 Å². The van der Waals surface area contributed by atoms with Crippen molar-refractivity contribution in [2.45, 2.75) is 44.6 Å². The number of rotatable bonds is 6. The van der Waals surface area contributed by atoms with Crippen molar-refractivity contribution in [3.8, 4) is 11.1 Å². The lowest BCUT2D eigenvalue weighted by atomic mass is 9.81. The molecule has 1 aliphatic carbocycles. The van der Waals surface area contributed by atoms with Gasteiger partial charge in [0.25, 0.3) is 5.91 Å². The zero-order valence-electron chi connectivity index (χ0n) is 20.1. The molecule has 1 atom stereocenters. The number of nitrogens with one attached hydrogen (secondary N) is 2. The molecule has 3 aromatic rings. The molecule has 0 bridgehead atoms. The molecule has 196 valence electrons. The summed E-state index contributed by atoms with van der Waals surface area (Å²) < 4.78 is 44.5. The maximum Gasteiger partial charge on any atom is 0.270 e. The van der Waals surface area contributed by atoms with Gasteiger partial charge in [0.2, 0.25) is 11.8 Å². The molecule has 1 aliphatic rings. The molecule has 1 fully saturated rings. The predicted molar refractivity (Wildman–Crippen MR) is 131 cm³/mol. The summed E-state index contributed by atoms with van der Waals surface area (Å²) >= 11 is 6.19. The van der Waals surface area contributed by atoms with Crippen LogP contribution in [0.3, 0.4) is 0 Å². The largest absolute Gasteiger partial charge is 0.618 e. The molecule has 0 unspecified atom stereocenters. The van der Waals surface area contributed by atoms with E-state index in [0.717, 1.165) is 6.07 Å². The van der Waals surface area contributed by atoms with Gasteiger partial charge in [0.15, 0.2) is 11.9 Å². The Morgan fingerprint density at radius 1 is 1.24 bits per heavy atom. The molecule has 1 saturated carbocycles. The number of carbonyl (C=O) groups excluding carboxylic acids is 2. The van der Waals surface area contributed by atoms with Crippen molar-refractivity contribution in [1.82, 2.24) is 15.1 Å². The van der Waals surface area contributed by atoms with Crippen molar-refractivity contribution >= 4 is 29.1 Å². The fourth-order valence-corrected chi connectivity index (χ4v) is 4.85. The highest BCUT2D eigenvalue weighted by Crippen LogP contribution is 2.38. The molecular weight excluding hydrogens is 511 g/mol. The van der Waals surface area contributed by atoms with Gasteiger partial charge in [-0.05, 0) is 43.0 Å². The van der Waals surface area contributed by atoms with Crippen molar-refractivity contribution in [2.75, 3.05) is 5.32 Å². The monoisotopic (exact) mass is 535 g/mol. The van der Waals surface area contributed by atoms with Crippen LogP contribution in [0.1, 0.15) is 41.9 Å². The fraction of sp³-hybridized carbons (Fsp3) is 0.360. The average Bonchev–Trinajstić information content (AvgIpc) is 3.27. The second-order valence-corrected chi connectivity index (χ2v) is 9.53. The molecule has 2 aromatic heterocycles. The normalized spacial score (nSPS) is 16.3. The highest BCUT2D eigenvalue weighted by Gasteiger charge is 2.40. The fourth-order valence-electron chi connectivity index (χ4n) is 4.56. The van der Waals surface area contributed by atoms with E-state index in [2.05, 4.69) is 15.7 Å². The smallest absolute Gasteiger partial charge is 0.270 e. The minimum Gasteiger partial charge on any atom is -0.618 e. The van der Waals surface area contributed by atoms with Crippen LogP contribution in [0.25, 0.3) is 11.1 Å². The van der Waals surface area contributed by atoms with E-state index in [9.17, 15) is 23.6 Å². The molecule has 8 nitrogen and oxygen atoms in total. The zero-order valence-corrected chi connectivity index (χ0v) is 20.9. The third-order valence-corrected chi connectivity index (χ3v) is 6.96. The Kier molecular flexibility index (Phi) is 7.44. The number of nitrogens with zero attached hydrogens (tertiary/aromatic N) is 3. The van der Waals surface area contributed by atoms with Crippen LogP contribution >= 0.6 is 11.6 Å². The van der Waals surface area contributed by atoms with Gasteiger partial charge in [-0.15, -0.1) is 0 Å². The lowest BCUT2D eigenvalue weighted by Gasteiger charge is -2.33. The van der Waals surface area contributed by atoms with Gasteiger partial charge in [0.1, 0.15) is 17.6 Å². The molecule has 0 radical (unpaired) electrons. The van der Waals surface area contributed by atoms with Crippen molar-refractivity contribution in [2.24, 2.45) is 13.0 Å². The van der Waals surface area contributed by atoms with Gasteiger partial charge in [-0.2, -0.15) is 9.83 Å². The lowest BCUT2D eigenvalue weighted by Crippen LogP contribution is -2.50. The van der Waals surface area contributed by atoms with Crippen molar-refractivity contribution in [1.29, 1.82) is 0 Å². The van der Waals surface area contributed by atoms with Crippen molar-refractivity contribution in [3.05, 3.63) is 70.2 Å². The lowest BCUT2D eigenvalue weighted by molar-refractivity contribution is -0.611. The number of halogens is 4. The summed E-state index contributed by atoms with van der Waals surface area (Å²) in [6.45, 7) is 1.51. The van der Waals surface area contributed by atoms with Crippen LogP contribution in [-0.4, -0.2) is 33.6 Å². The first-order chi connectivity index (χ1) is 17.5. The second-order valence-electron chi connectivity index (χ2n) is 9.12.